The summed E-state index contributed by atoms with van der Waals surface area (Å²) in [7, 11) is 0. The van der Waals surface area contributed by atoms with Crippen molar-refractivity contribution in [1.82, 2.24) is 14.8 Å². The van der Waals surface area contributed by atoms with Crippen molar-refractivity contribution in [3.05, 3.63) is 63.8 Å². The number of hydrogen-bond acceptors (Lipinski definition) is 3. The van der Waals surface area contributed by atoms with Crippen LogP contribution in [0.5, 0.6) is 0 Å². The highest BCUT2D eigenvalue weighted by Gasteiger charge is 2.26. The summed E-state index contributed by atoms with van der Waals surface area (Å²) in [5.41, 5.74) is 6.66. The normalized spacial score (nSPS) is 16.6. The summed E-state index contributed by atoms with van der Waals surface area (Å²) < 4.78 is 21.3. The first-order valence-corrected chi connectivity index (χ1v) is 8.93. The number of aryl methyl sites for hydroxylation is 2. The van der Waals surface area contributed by atoms with Crippen LogP contribution in [0, 0.1) is 19.7 Å². The highest BCUT2D eigenvalue weighted by Crippen LogP contribution is 2.33. The van der Waals surface area contributed by atoms with Gasteiger partial charge < -0.3 is 4.74 Å². The third-order valence-corrected chi connectivity index (χ3v) is 4.88. The highest BCUT2D eigenvalue weighted by molar-refractivity contribution is 6.30. The number of benzene rings is 1. The number of ether oxygens (including phenoxy) is 1. The molecule has 4 nitrogen and oxygen atoms in total. The second-order valence-electron chi connectivity index (χ2n) is 6.75. The predicted molar refractivity (Wildman–Crippen MR) is 99.2 cm³/mol. The molecule has 26 heavy (non-hydrogen) atoms. The van der Waals surface area contributed by atoms with E-state index in [2.05, 4.69) is 4.98 Å². The predicted octanol–water partition coefficient (Wildman–Crippen LogP) is 4.80. The number of halogens is 2. The molecule has 1 aliphatic rings. The van der Waals surface area contributed by atoms with Gasteiger partial charge in [-0.2, -0.15) is 5.10 Å². The average molecular weight is 372 g/mol. The Balaban J connectivity index is 1.92. The molecule has 0 saturated carbocycles. The third kappa shape index (κ3) is 3.02. The van der Waals surface area contributed by atoms with Crippen molar-refractivity contribution in [3.63, 3.8) is 0 Å². The first kappa shape index (κ1) is 17.2. The van der Waals surface area contributed by atoms with Crippen LogP contribution >= 0.6 is 11.6 Å². The molecule has 4 rings (SSSR count). The van der Waals surface area contributed by atoms with E-state index in [1.165, 1.54) is 6.07 Å². The Kier molecular flexibility index (Phi) is 4.29. The van der Waals surface area contributed by atoms with Gasteiger partial charge in [0, 0.05) is 28.9 Å². The third-order valence-electron chi connectivity index (χ3n) is 4.59. The Morgan fingerprint density at radius 2 is 1.92 bits per heavy atom. The summed E-state index contributed by atoms with van der Waals surface area (Å²) in [6.07, 6.45) is 0.836. The van der Waals surface area contributed by atoms with Gasteiger partial charge in [0.15, 0.2) is 0 Å². The van der Waals surface area contributed by atoms with Gasteiger partial charge in [0.1, 0.15) is 5.82 Å². The van der Waals surface area contributed by atoms with E-state index in [-0.39, 0.29) is 11.1 Å². The van der Waals surface area contributed by atoms with Gasteiger partial charge in [-0.05, 0) is 51.1 Å². The van der Waals surface area contributed by atoms with Crippen LogP contribution in [0.4, 0.5) is 4.39 Å². The van der Waals surface area contributed by atoms with Crippen LogP contribution < -0.4 is 0 Å². The highest BCUT2D eigenvalue weighted by atomic mass is 35.5. The van der Waals surface area contributed by atoms with Crippen LogP contribution in [0.15, 0.2) is 30.3 Å². The Labute approximate surface area is 156 Å². The summed E-state index contributed by atoms with van der Waals surface area (Å²) in [4.78, 5) is 4.45. The number of nitrogens with zero attached hydrogens (tertiary/aromatic N) is 3. The summed E-state index contributed by atoms with van der Waals surface area (Å²) in [5, 5.41) is 4.93. The molecule has 0 bridgehead atoms. The van der Waals surface area contributed by atoms with E-state index >= 15 is 0 Å². The molecule has 0 N–H and O–H groups in total. The van der Waals surface area contributed by atoms with E-state index in [0.717, 1.165) is 46.0 Å². The van der Waals surface area contributed by atoms with E-state index in [9.17, 15) is 4.39 Å². The number of aromatic nitrogens is 3. The molecule has 134 valence electrons. The molecule has 3 heterocycles. The van der Waals surface area contributed by atoms with Gasteiger partial charge in [-0.1, -0.05) is 11.6 Å². The molecule has 0 spiro atoms. The fourth-order valence-corrected chi connectivity index (χ4v) is 3.61. The van der Waals surface area contributed by atoms with Crippen LogP contribution in [0.2, 0.25) is 5.02 Å². The molecule has 0 fully saturated rings. The minimum atomic E-state index is -0.436. The van der Waals surface area contributed by atoms with Gasteiger partial charge in [-0.25, -0.2) is 9.07 Å². The topological polar surface area (TPSA) is 39.9 Å². The fraction of sp³-hybridized carbons (Fsp3) is 0.300. The van der Waals surface area contributed by atoms with Crippen LogP contribution in [0.25, 0.3) is 16.9 Å². The molecular weight excluding hydrogens is 353 g/mol. The number of pyridine rings is 1. The quantitative estimate of drug-likeness (QED) is 0.649. The zero-order valence-corrected chi connectivity index (χ0v) is 15.6. The van der Waals surface area contributed by atoms with Gasteiger partial charge >= 0.3 is 0 Å². The Bertz CT molecular complexity index is 979. The van der Waals surface area contributed by atoms with Crippen LogP contribution in [-0.4, -0.2) is 20.9 Å². The first-order valence-electron chi connectivity index (χ1n) is 8.56. The average Bonchev–Trinajstić information content (AvgIpc) is 2.95. The summed E-state index contributed by atoms with van der Waals surface area (Å²) >= 11 is 5.99. The molecule has 1 aromatic carbocycles. The molecule has 1 aliphatic heterocycles. The second-order valence-corrected chi connectivity index (χ2v) is 7.16. The Morgan fingerprint density at radius 1 is 1.19 bits per heavy atom. The van der Waals surface area contributed by atoms with E-state index in [1.54, 1.807) is 12.1 Å². The molecule has 6 heteroatoms. The molecule has 0 unspecified atom stereocenters. The van der Waals surface area contributed by atoms with E-state index < -0.39 is 5.82 Å². The zero-order chi connectivity index (χ0) is 18.4. The lowest BCUT2D eigenvalue weighted by atomic mass is 10.0. The minimum absolute atomic E-state index is 0.0870. The molecule has 2 aromatic heterocycles. The van der Waals surface area contributed by atoms with E-state index in [4.69, 9.17) is 21.4 Å². The van der Waals surface area contributed by atoms with Gasteiger partial charge in [0.05, 0.1) is 34.8 Å². The molecule has 0 amide bonds. The summed E-state index contributed by atoms with van der Waals surface area (Å²) in [6, 6.07) is 8.72. The Hall–Kier alpha value is -2.24. The SMILES string of the molecule is Cc1cc(-c2nn(-c3ccc(F)c(Cl)c3)c3c2CO[C@H](C)C3)cc(C)n1. The molecule has 0 radical (unpaired) electrons. The van der Waals surface area contributed by atoms with Crippen molar-refractivity contribution in [2.75, 3.05) is 0 Å². The molecule has 0 aliphatic carbocycles. The van der Waals surface area contributed by atoms with Gasteiger partial charge in [0.2, 0.25) is 0 Å². The number of hydrogen-bond donors (Lipinski definition) is 0. The van der Waals surface area contributed by atoms with Crippen molar-refractivity contribution >= 4 is 11.6 Å². The maximum absolute atomic E-state index is 13.6. The maximum atomic E-state index is 13.6. The summed E-state index contributed by atoms with van der Waals surface area (Å²) in [6.45, 7) is 6.48. The van der Waals surface area contributed by atoms with Crippen molar-refractivity contribution < 1.29 is 9.13 Å². The van der Waals surface area contributed by atoms with Crippen molar-refractivity contribution in [1.29, 1.82) is 0 Å². The van der Waals surface area contributed by atoms with Gasteiger partial charge in [0.25, 0.3) is 0 Å². The second kappa shape index (κ2) is 6.49. The lowest BCUT2D eigenvalue weighted by Crippen LogP contribution is -2.21. The number of rotatable bonds is 2. The fourth-order valence-electron chi connectivity index (χ4n) is 3.44. The monoisotopic (exact) mass is 371 g/mol. The van der Waals surface area contributed by atoms with Crippen molar-refractivity contribution in [2.24, 2.45) is 0 Å². The van der Waals surface area contributed by atoms with E-state index in [1.807, 2.05) is 37.6 Å². The molecule has 1 atom stereocenters. The largest absolute Gasteiger partial charge is 0.373 e. The summed E-state index contributed by atoms with van der Waals surface area (Å²) in [5.74, 6) is -0.436. The Morgan fingerprint density at radius 3 is 2.62 bits per heavy atom. The van der Waals surface area contributed by atoms with E-state index in [0.29, 0.717) is 6.61 Å². The first-order chi connectivity index (χ1) is 12.4. The van der Waals surface area contributed by atoms with Crippen molar-refractivity contribution in [2.45, 2.75) is 39.9 Å². The minimum Gasteiger partial charge on any atom is -0.373 e. The smallest absolute Gasteiger partial charge is 0.141 e. The number of fused-ring (bicyclic) bond motifs is 1. The van der Waals surface area contributed by atoms with Crippen molar-refractivity contribution in [3.8, 4) is 16.9 Å². The zero-order valence-electron chi connectivity index (χ0n) is 14.9. The maximum Gasteiger partial charge on any atom is 0.141 e. The standard InChI is InChI=1S/C20H19ClFN3O/c1-11-6-14(7-12(2)23-11)20-16-10-26-13(3)8-19(16)25(24-20)15-4-5-18(22)17(21)9-15/h4-7,9,13H,8,10H2,1-3H3/t13-/m1/s1. The molecular formula is C20H19ClFN3O. The lowest BCUT2D eigenvalue weighted by Gasteiger charge is -2.21. The molecule has 0 saturated heterocycles. The van der Waals surface area contributed by atoms with Crippen LogP contribution in [-0.2, 0) is 17.8 Å². The molecule has 3 aromatic rings. The van der Waals surface area contributed by atoms with Gasteiger partial charge in [-0.3, -0.25) is 4.98 Å². The van der Waals surface area contributed by atoms with Crippen LogP contribution in [0.1, 0.15) is 29.6 Å². The van der Waals surface area contributed by atoms with Crippen LogP contribution in [0.3, 0.4) is 0 Å². The lowest BCUT2D eigenvalue weighted by molar-refractivity contribution is 0.0401. The van der Waals surface area contributed by atoms with Gasteiger partial charge in [-0.15, -0.1) is 0 Å².